The molecule has 3 N–H and O–H groups in total. The molecule has 1 aliphatic heterocycles. The van der Waals surface area contributed by atoms with Gasteiger partial charge in [0.05, 0.1) is 5.56 Å². The average Bonchev–Trinajstić information content (AvgIpc) is 2.68. The maximum absolute atomic E-state index is 13.1. The van der Waals surface area contributed by atoms with E-state index in [0.29, 0.717) is 21.8 Å². The molecule has 2 heterocycles. The molecule has 0 saturated carbocycles. The summed E-state index contributed by atoms with van der Waals surface area (Å²) in [5, 5.41) is 11.9. The molecule has 0 fully saturated rings. The number of benzene rings is 1. The molecule has 1 aromatic carbocycles. The minimum absolute atomic E-state index is 0.0299. The summed E-state index contributed by atoms with van der Waals surface area (Å²) in [7, 11) is 0. The summed E-state index contributed by atoms with van der Waals surface area (Å²) >= 11 is 6.32. The zero-order valence-corrected chi connectivity index (χ0v) is 15.5. The molecule has 2 aromatic rings. The van der Waals surface area contributed by atoms with Gasteiger partial charge in [-0.2, -0.15) is 5.26 Å². The third-order valence-corrected chi connectivity index (χ3v) is 4.38. The molecule has 142 valence electrons. The van der Waals surface area contributed by atoms with Gasteiger partial charge in [0.15, 0.2) is 0 Å². The van der Waals surface area contributed by atoms with Crippen molar-refractivity contribution in [1.29, 1.82) is 5.26 Å². The van der Waals surface area contributed by atoms with Crippen molar-refractivity contribution in [3.63, 3.8) is 0 Å². The number of ether oxygens (including phenoxy) is 1. The third kappa shape index (κ3) is 3.94. The lowest BCUT2D eigenvalue weighted by Crippen LogP contribution is -2.30. The van der Waals surface area contributed by atoms with E-state index in [0.717, 1.165) is 0 Å². The Bertz CT molecular complexity index is 1030. The number of carbonyl (C=O) groups excluding carboxylic acids is 1. The van der Waals surface area contributed by atoms with E-state index in [9.17, 15) is 9.18 Å². The number of amidine groups is 1. The molecule has 1 amide bonds. The second-order valence-corrected chi connectivity index (χ2v) is 6.54. The quantitative estimate of drug-likeness (QED) is 0.819. The number of hydrogen-bond donors (Lipinski definition) is 2. The first-order valence-electron chi connectivity index (χ1n) is 8.13. The van der Waals surface area contributed by atoms with Crippen LogP contribution in [0.15, 0.2) is 53.4 Å². The number of nitrogens with one attached hydrogen (secondary N) is 1. The van der Waals surface area contributed by atoms with Gasteiger partial charge >= 0.3 is 0 Å². The first-order chi connectivity index (χ1) is 13.3. The van der Waals surface area contributed by atoms with Crippen LogP contribution in [0.25, 0.3) is 0 Å². The van der Waals surface area contributed by atoms with Crippen LogP contribution in [-0.4, -0.2) is 23.6 Å². The number of aliphatic imine (C=N–C) groups is 1. The number of nitrogens with zero attached hydrogens (tertiary/aromatic N) is 3. The number of amides is 1. The largest absolute Gasteiger partial charge is 0.428 e. The zero-order chi connectivity index (χ0) is 20.3. The Morgan fingerprint density at radius 1 is 1.43 bits per heavy atom. The normalized spacial score (nSPS) is 18.4. The van der Waals surface area contributed by atoms with Crippen molar-refractivity contribution in [3.8, 4) is 6.07 Å². The van der Waals surface area contributed by atoms with Gasteiger partial charge in [-0.15, -0.1) is 0 Å². The molecule has 0 unspecified atom stereocenters. The van der Waals surface area contributed by atoms with E-state index in [1.807, 2.05) is 6.07 Å². The smallest absolute Gasteiger partial charge is 0.288 e. The number of carbonyl (C=O) groups is 1. The maximum atomic E-state index is 13.1. The van der Waals surface area contributed by atoms with Crippen LogP contribution in [0.4, 0.5) is 10.1 Å². The van der Waals surface area contributed by atoms with Crippen molar-refractivity contribution >= 4 is 29.2 Å². The van der Waals surface area contributed by atoms with Gasteiger partial charge in [-0.1, -0.05) is 11.6 Å². The summed E-state index contributed by atoms with van der Waals surface area (Å²) in [5.74, 6) is -0.430. The zero-order valence-electron chi connectivity index (χ0n) is 14.7. The summed E-state index contributed by atoms with van der Waals surface area (Å²) in [6.07, 6.45) is 2.80. The van der Waals surface area contributed by atoms with E-state index in [-0.39, 0.29) is 17.5 Å². The molecular weight excluding hydrogens is 385 g/mol. The van der Waals surface area contributed by atoms with Crippen molar-refractivity contribution in [1.82, 2.24) is 4.98 Å². The molecule has 0 radical (unpaired) electrons. The fourth-order valence-electron chi connectivity index (χ4n) is 2.75. The predicted octanol–water partition coefficient (Wildman–Crippen LogP) is 3.27. The topological polar surface area (TPSA) is 113 Å². The average molecular weight is 400 g/mol. The fraction of sp³-hybridized carbons (Fsp3) is 0.158. The molecular formula is C19H15ClFN5O2. The van der Waals surface area contributed by atoms with E-state index < -0.39 is 18.1 Å². The molecule has 7 nitrogen and oxygen atoms in total. The van der Waals surface area contributed by atoms with Crippen LogP contribution in [0, 0.1) is 11.3 Å². The number of nitrogens with two attached hydrogens (primary N) is 1. The van der Waals surface area contributed by atoms with Crippen LogP contribution in [0.1, 0.15) is 28.5 Å². The number of halogens is 2. The van der Waals surface area contributed by atoms with Gasteiger partial charge in [-0.3, -0.25) is 4.79 Å². The Labute approximate surface area is 165 Å². The lowest BCUT2D eigenvalue weighted by atomic mass is 9.90. The molecule has 9 heteroatoms. The first-order valence-corrected chi connectivity index (χ1v) is 8.51. The van der Waals surface area contributed by atoms with Gasteiger partial charge in [0.2, 0.25) is 0 Å². The Morgan fingerprint density at radius 3 is 2.86 bits per heavy atom. The minimum atomic E-state index is -1.06. The molecule has 0 saturated heterocycles. The molecule has 0 bridgehead atoms. The second kappa shape index (κ2) is 7.66. The van der Waals surface area contributed by atoms with E-state index in [2.05, 4.69) is 15.3 Å². The number of alkyl halides is 1. The summed E-state index contributed by atoms with van der Waals surface area (Å²) in [5.41, 5.74) is 6.04. The van der Waals surface area contributed by atoms with Crippen LogP contribution in [0.2, 0.25) is 5.02 Å². The van der Waals surface area contributed by atoms with Gasteiger partial charge in [-0.05, 0) is 43.3 Å². The number of aromatic nitrogens is 1. The lowest BCUT2D eigenvalue weighted by molar-refractivity contribution is 0.102. The summed E-state index contributed by atoms with van der Waals surface area (Å²) in [6.45, 7) is 0.858. The van der Waals surface area contributed by atoms with E-state index in [1.54, 1.807) is 25.1 Å². The van der Waals surface area contributed by atoms with Crippen molar-refractivity contribution in [2.24, 2.45) is 10.7 Å². The molecule has 0 aliphatic carbocycles. The highest BCUT2D eigenvalue weighted by atomic mass is 35.5. The van der Waals surface area contributed by atoms with Gasteiger partial charge in [0.1, 0.15) is 29.7 Å². The summed E-state index contributed by atoms with van der Waals surface area (Å²) in [6, 6.07) is 9.54. The highest BCUT2D eigenvalue weighted by molar-refractivity contribution is 6.31. The molecule has 3 rings (SSSR count). The predicted molar refractivity (Wildman–Crippen MR) is 102 cm³/mol. The molecule has 28 heavy (non-hydrogen) atoms. The van der Waals surface area contributed by atoms with Gasteiger partial charge in [0.25, 0.3) is 11.9 Å². The number of anilines is 1. The molecule has 0 spiro atoms. The molecule has 1 atom stereocenters. The van der Waals surface area contributed by atoms with Gasteiger partial charge < -0.3 is 15.8 Å². The van der Waals surface area contributed by atoms with Crippen molar-refractivity contribution in [2.75, 3.05) is 12.0 Å². The second-order valence-electron chi connectivity index (χ2n) is 6.14. The third-order valence-electron chi connectivity index (χ3n) is 4.05. The van der Waals surface area contributed by atoms with E-state index in [4.69, 9.17) is 27.3 Å². The van der Waals surface area contributed by atoms with Crippen LogP contribution in [0.3, 0.4) is 0 Å². The number of allylic oxidation sites excluding steroid dienone is 1. The lowest BCUT2D eigenvalue weighted by Gasteiger charge is -2.28. The minimum Gasteiger partial charge on any atom is -0.428 e. The van der Waals surface area contributed by atoms with E-state index >= 15 is 0 Å². The first kappa shape index (κ1) is 19.3. The Kier molecular flexibility index (Phi) is 5.29. The number of pyridine rings is 1. The molecule has 1 aliphatic rings. The van der Waals surface area contributed by atoms with Crippen LogP contribution in [0.5, 0.6) is 0 Å². The summed E-state index contributed by atoms with van der Waals surface area (Å²) < 4.78 is 18.1. The Morgan fingerprint density at radius 2 is 2.21 bits per heavy atom. The fourth-order valence-corrected chi connectivity index (χ4v) is 3.05. The number of nitriles is 1. The van der Waals surface area contributed by atoms with Crippen molar-refractivity contribution in [3.05, 3.63) is 70.2 Å². The van der Waals surface area contributed by atoms with Gasteiger partial charge in [-0.25, -0.2) is 14.4 Å². The standard InChI is InChI=1S/C19H15ClFN5O2/c1-19(7-13(8-21)28-18(23)26-19)14-6-12(3-4-15(14)20)25-17(27)16-5-2-11(9-22)10-24-16/h2-7,10H,8H2,1H3,(H2,23,26)(H,25,27)/t19-/m0/s1. The van der Waals surface area contributed by atoms with Gasteiger partial charge in [0, 0.05) is 22.5 Å². The van der Waals surface area contributed by atoms with Crippen molar-refractivity contribution in [2.45, 2.75) is 12.5 Å². The Balaban J connectivity index is 1.91. The highest BCUT2D eigenvalue weighted by Crippen LogP contribution is 2.37. The number of rotatable bonds is 4. The highest BCUT2D eigenvalue weighted by Gasteiger charge is 2.32. The van der Waals surface area contributed by atoms with Crippen LogP contribution in [-0.2, 0) is 10.3 Å². The monoisotopic (exact) mass is 399 g/mol. The summed E-state index contributed by atoms with van der Waals surface area (Å²) in [4.78, 5) is 20.6. The van der Waals surface area contributed by atoms with Crippen molar-refractivity contribution < 1.29 is 13.9 Å². The maximum Gasteiger partial charge on any atom is 0.288 e. The van der Waals surface area contributed by atoms with Crippen LogP contribution < -0.4 is 11.1 Å². The van der Waals surface area contributed by atoms with E-state index in [1.165, 1.54) is 24.4 Å². The SMILES string of the molecule is C[C@@]1(c2cc(NC(=O)c3ccc(C#N)cn3)ccc2Cl)C=C(CF)OC(N)=N1. The number of hydrogen-bond acceptors (Lipinski definition) is 6. The Hall–Kier alpha value is -3.44. The van der Waals surface area contributed by atoms with Crippen LogP contribution >= 0.6 is 11.6 Å². The molecule has 1 aromatic heterocycles.